The number of hydrogen-bond donors (Lipinski definition) is 0. The Bertz CT molecular complexity index is 567. The molecule has 0 bridgehead atoms. The highest BCUT2D eigenvalue weighted by atomic mass is 32.2. The van der Waals surface area contributed by atoms with Crippen molar-refractivity contribution in [3.05, 3.63) is 29.8 Å². The Kier molecular flexibility index (Phi) is 4.51. The van der Waals surface area contributed by atoms with Crippen molar-refractivity contribution < 1.29 is 13.2 Å². The van der Waals surface area contributed by atoms with E-state index >= 15 is 0 Å². The molecular formula is C13H15NO3S. The third-order valence-electron chi connectivity index (χ3n) is 2.48. The summed E-state index contributed by atoms with van der Waals surface area (Å²) >= 11 is 0. The average Bonchev–Trinajstić information content (AvgIpc) is 2.34. The lowest BCUT2D eigenvalue weighted by atomic mass is 10.2. The van der Waals surface area contributed by atoms with Gasteiger partial charge in [-0.1, -0.05) is 5.92 Å². The summed E-state index contributed by atoms with van der Waals surface area (Å²) in [7, 11) is -3.24. The number of sulfone groups is 1. The van der Waals surface area contributed by atoms with Crippen LogP contribution in [0.2, 0.25) is 0 Å². The largest absolute Gasteiger partial charge is 0.328 e. The minimum Gasteiger partial charge on any atom is -0.328 e. The van der Waals surface area contributed by atoms with Crippen LogP contribution >= 0.6 is 0 Å². The van der Waals surface area contributed by atoms with Crippen LogP contribution in [-0.4, -0.2) is 38.6 Å². The molecule has 0 aliphatic rings. The third-order valence-corrected chi connectivity index (χ3v) is 3.61. The van der Waals surface area contributed by atoms with Crippen molar-refractivity contribution in [2.24, 2.45) is 0 Å². The molecule has 0 N–H and O–H groups in total. The maximum absolute atomic E-state index is 12.0. The molecule has 0 aromatic heterocycles. The van der Waals surface area contributed by atoms with Crippen LogP contribution in [0.25, 0.3) is 0 Å². The summed E-state index contributed by atoms with van der Waals surface area (Å²) in [5.74, 6) is 2.22. The fourth-order valence-corrected chi connectivity index (χ4v) is 2.10. The van der Waals surface area contributed by atoms with Crippen molar-refractivity contribution in [1.29, 1.82) is 0 Å². The standard InChI is InChI=1S/C13H15NO3S/c1-4-10-14(5-2)13(15)11-6-8-12(9-7-11)18(3,16)17/h1,6-9H,5,10H2,2-3H3. The average molecular weight is 265 g/mol. The topological polar surface area (TPSA) is 54.5 Å². The Balaban J connectivity index is 2.99. The van der Waals surface area contributed by atoms with E-state index in [2.05, 4.69) is 5.92 Å². The van der Waals surface area contributed by atoms with Crippen LogP contribution in [0.5, 0.6) is 0 Å². The van der Waals surface area contributed by atoms with Crippen LogP contribution in [0.1, 0.15) is 17.3 Å². The van der Waals surface area contributed by atoms with Gasteiger partial charge in [-0.3, -0.25) is 4.79 Å². The van der Waals surface area contributed by atoms with Crippen LogP contribution in [0.4, 0.5) is 0 Å². The summed E-state index contributed by atoms with van der Waals surface area (Å²) in [5.41, 5.74) is 0.430. The first-order chi connectivity index (χ1) is 8.40. The Hall–Kier alpha value is -1.80. The molecule has 5 heteroatoms. The van der Waals surface area contributed by atoms with Gasteiger partial charge >= 0.3 is 0 Å². The van der Waals surface area contributed by atoms with E-state index in [1.807, 2.05) is 6.92 Å². The Morgan fingerprint density at radius 3 is 2.28 bits per heavy atom. The summed E-state index contributed by atoms with van der Waals surface area (Å²) in [6, 6.07) is 5.84. The summed E-state index contributed by atoms with van der Waals surface area (Å²) in [6.07, 6.45) is 6.30. The summed E-state index contributed by atoms with van der Waals surface area (Å²) in [4.78, 5) is 13.7. The normalized spacial score (nSPS) is 10.7. The second-order valence-electron chi connectivity index (χ2n) is 3.82. The van der Waals surface area contributed by atoms with Crippen LogP contribution in [-0.2, 0) is 9.84 Å². The minimum absolute atomic E-state index is 0.194. The molecule has 1 aromatic carbocycles. The molecule has 0 saturated carbocycles. The summed E-state index contributed by atoms with van der Waals surface area (Å²) in [6.45, 7) is 2.58. The molecule has 0 saturated heterocycles. The fourth-order valence-electron chi connectivity index (χ4n) is 1.46. The van der Waals surface area contributed by atoms with Crippen molar-refractivity contribution in [3.8, 4) is 12.3 Å². The SMILES string of the molecule is C#CCN(CC)C(=O)c1ccc(S(C)(=O)=O)cc1. The molecule has 96 valence electrons. The van der Waals surface area contributed by atoms with Gasteiger partial charge in [0.15, 0.2) is 9.84 Å². The lowest BCUT2D eigenvalue weighted by Crippen LogP contribution is -2.31. The van der Waals surface area contributed by atoms with E-state index in [1.54, 1.807) is 0 Å². The van der Waals surface area contributed by atoms with Gasteiger partial charge in [-0.15, -0.1) is 6.42 Å². The Labute approximate surface area is 108 Å². The molecule has 18 heavy (non-hydrogen) atoms. The van der Waals surface area contributed by atoms with Gasteiger partial charge in [0, 0.05) is 18.4 Å². The van der Waals surface area contributed by atoms with E-state index in [1.165, 1.54) is 29.2 Å². The molecular weight excluding hydrogens is 250 g/mol. The Morgan fingerprint density at radius 1 is 1.33 bits per heavy atom. The van der Waals surface area contributed by atoms with Crippen molar-refractivity contribution in [2.75, 3.05) is 19.3 Å². The number of benzene rings is 1. The van der Waals surface area contributed by atoms with Crippen LogP contribution < -0.4 is 0 Å². The minimum atomic E-state index is -3.24. The molecule has 1 aromatic rings. The predicted octanol–water partition coefficient (Wildman–Crippen LogP) is 1.19. The molecule has 0 unspecified atom stereocenters. The van der Waals surface area contributed by atoms with Crippen LogP contribution in [0.3, 0.4) is 0 Å². The summed E-state index contributed by atoms with van der Waals surface area (Å²) < 4.78 is 22.6. The first-order valence-corrected chi connectivity index (χ1v) is 7.32. The van der Waals surface area contributed by atoms with Crippen molar-refractivity contribution in [3.63, 3.8) is 0 Å². The number of terminal acetylenes is 1. The molecule has 0 aliphatic heterocycles. The van der Waals surface area contributed by atoms with E-state index in [4.69, 9.17) is 6.42 Å². The van der Waals surface area contributed by atoms with Gasteiger partial charge < -0.3 is 4.90 Å². The van der Waals surface area contributed by atoms with Crippen molar-refractivity contribution >= 4 is 15.7 Å². The predicted molar refractivity (Wildman–Crippen MR) is 70.0 cm³/mol. The van der Waals surface area contributed by atoms with Gasteiger partial charge in [-0.05, 0) is 31.2 Å². The number of amides is 1. The first kappa shape index (κ1) is 14.3. The van der Waals surface area contributed by atoms with Crippen molar-refractivity contribution in [2.45, 2.75) is 11.8 Å². The lowest BCUT2D eigenvalue weighted by molar-refractivity contribution is 0.0785. The quantitative estimate of drug-likeness (QED) is 0.768. The fraction of sp³-hybridized carbons (Fsp3) is 0.308. The molecule has 0 spiro atoms. The lowest BCUT2D eigenvalue weighted by Gasteiger charge is -2.17. The highest BCUT2D eigenvalue weighted by Gasteiger charge is 2.14. The zero-order valence-corrected chi connectivity index (χ0v) is 11.2. The maximum atomic E-state index is 12.0. The van der Waals surface area contributed by atoms with E-state index in [9.17, 15) is 13.2 Å². The molecule has 0 aliphatic carbocycles. The zero-order chi connectivity index (χ0) is 13.8. The first-order valence-electron chi connectivity index (χ1n) is 5.43. The Morgan fingerprint density at radius 2 is 1.89 bits per heavy atom. The smallest absolute Gasteiger partial charge is 0.254 e. The molecule has 1 amide bonds. The van der Waals surface area contributed by atoms with Crippen molar-refractivity contribution in [1.82, 2.24) is 4.90 Å². The zero-order valence-electron chi connectivity index (χ0n) is 10.4. The van der Waals surface area contributed by atoms with Crippen LogP contribution in [0, 0.1) is 12.3 Å². The summed E-state index contributed by atoms with van der Waals surface area (Å²) in [5, 5.41) is 0. The van der Waals surface area contributed by atoms with Gasteiger partial charge in [-0.25, -0.2) is 8.42 Å². The van der Waals surface area contributed by atoms with E-state index < -0.39 is 9.84 Å². The monoisotopic (exact) mass is 265 g/mol. The van der Waals surface area contributed by atoms with Gasteiger partial charge in [0.25, 0.3) is 5.91 Å². The molecule has 0 fully saturated rings. The third kappa shape index (κ3) is 3.34. The van der Waals surface area contributed by atoms with Gasteiger partial charge in [0.05, 0.1) is 11.4 Å². The highest BCUT2D eigenvalue weighted by molar-refractivity contribution is 7.90. The van der Waals surface area contributed by atoms with E-state index in [0.29, 0.717) is 12.1 Å². The van der Waals surface area contributed by atoms with E-state index in [0.717, 1.165) is 6.26 Å². The van der Waals surface area contributed by atoms with E-state index in [-0.39, 0.29) is 17.3 Å². The van der Waals surface area contributed by atoms with Crippen LogP contribution in [0.15, 0.2) is 29.2 Å². The molecule has 0 atom stereocenters. The number of rotatable bonds is 4. The highest BCUT2D eigenvalue weighted by Crippen LogP contribution is 2.12. The number of carbonyl (C=O) groups is 1. The maximum Gasteiger partial charge on any atom is 0.254 e. The van der Waals surface area contributed by atoms with Gasteiger partial charge in [0.2, 0.25) is 0 Å². The van der Waals surface area contributed by atoms with Gasteiger partial charge in [0.1, 0.15) is 0 Å². The van der Waals surface area contributed by atoms with Gasteiger partial charge in [-0.2, -0.15) is 0 Å². The second-order valence-corrected chi connectivity index (χ2v) is 5.84. The molecule has 1 rings (SSSR count). The molecule has 0 radical (unpaired) electrons. The number of carbonyl (C=O) groups excluding carboxylic acids is 1. The number of nitrogens with zero attached hydrogens (tertiary/aromatic N) is 1. The molecule has 0 heterocycles. The molecule has 4 nitrogen and oxygen atoms in total. The number of hydrogen-bond acceptors (Lipinski definition) is 3. The second kappa shape index (κ2) is 5.69.